The summed E-state index contributed by atoms with van der Waals surface area (Å²) in [4.78, 5) is 0. The van der Waals surface area contributed by atoms with Crippen LogP contribution in [0.25, 0.3) is 5.69 Å². The summed E-state index contributed by atoms with van der Waals surface area (Å²) in [6.45, 7) is 6.38. The van der Waals surface area contributed by atoms with Gasteiger partial charge in [0.2, 0.25) is 0 Å². The standard InChI is InChI=1S/C14H17ClN2/c1-10(2)13-6-7-17(16-13)14-5-4-12(9-15)8-11(14)3/h4-8,10H,9H2,1-3H3. The fraction of sp³-hybridized carbons (Fsp3) is 0.357. The molecule has 2 aromatic rings. The van der Waals surface area contributed by atoms with Crippen LogP contribution in [0, 0.1) is 6.92 Å². The van der Waals surface area contributed by atoms with Crippen molar-refractivity contribution >= 4 is 11.6 Å². The van der Waals surface area contributed by atoms with Crippen LogP contribution in [-0.2, 0) is 5.88 Å². The summed E-state index contributed by atoms with van der Waals surface area (Å²) in [6, 6.07) is 8.30. The second-order valence-electron chi connectivity index (χ2n) is 4.59. The molecular formula is C14H17ClN2. The molecule has 0 aliphatic heterocycles. The molecule has 0 saturated heterocycles. The Labute approximate surface area is 107 Å². The van der Waals surface area contributed by atoms with E-state index in [0.717, 1.165) is 16.9 Å². The molecule has 2 nitrogen and oxygen atoms in total. The molecule has 2 rings (SSSR count). The van der Waals surface area contributed by atoms with E-state index < -0.39 is 0 Å². The van der Waals surface area contributed by atoms with Gasteiger partial charge in [0.15, 0.2) is 0 Å². The van der Waals surface area contributed by atoms with Crippen molar-refractivity contribution in [3.63, 3.8) is 0 Å². The van der Waals surface area contributed by atoms with E-state index >= 15 is 0 Å². The van der Waals surface area contributed by atoms with Crippen LogP contribution >= 0.6 is 11.6 Å². The van der Waals surface area contributed by atoms with E-state index in [-0.39, 0.29) is 0 Å². The molecule has 0 bridgehead atoms. The van der Waals surface area contributed by atoms with E-state index in [1.165, 1.54) is 5.56 Å². The molecule has 0 aliphatic rings. The van der Waals surface area contributed by atoms with Crippen molar-refractivity contribution in [3.8, 4) is 5.69 Å². The summed E-state index contributed by atoms with van der Waals surface area (Å²) in [7, 11) is 0. The van der Waals surface area contributed by atoms with E-state index in [2.05, 4.69) is 44.1 Å². The Morgan fingerprint density at radius 3 is 2.59 bits per heavy atom. The number of aryl methyl sites for hydroxylation is 1. The van der Waals surface area contributed by atoms with E-state index in [0.29, 0.717) is 11.8 Å². The molecule has 17 heavy (non-hydrogen) atoms. The van der Waals surface area contributed by atoms with Gasteiger partial charge in [0, 0.05) is 12.1 Å². The van der Waals surface area contributed by atoms with Crippen LogP contribution in [0.2, 0.25) is 0 Å². The summed E-state index contributed by atoms with van der Waals surface area (Å²) in [5.41, 5.74) is 4.57. The van der Waals surface area contributed by atoms with Gasteiger partial charge in [-0.15, -0.1) is 11.6 Å². The minimum atomic E-state index is 0.457. The zero-order valence-corrected chi connectivity index (χ0v) is 11.2. The van der Waals surface area contributed by atoms with Gasteiger partial charge in [0.05, 0.1) is 11.4 Å². The fourth-order valence-corrected chi connectivity index (χ4v) is 2.00. The zero-order valence-electron chi connectivity index (χ0n) is 10.4. The summed E-state index contributed by atoms with van der Waals surface area (Å²) in [5, 5.41) is 4.58. The lowest BCUT2D eigenvalue weighted by Crippen LogP contribution is -2.00. The highest BCUT2D eigenvalue weighted by atomic mass is 35.5. The van der Waals surface area contributed by atoms with Gasteiger partial charge in [0.25, 0.3) is 0 Å². The lowest BCUT2D eigenvalue weighted by molar-refractivity contribution is 0.766. The highest BCUT2D eigenvalue weighted by Crippen LogP contribution is 2.18. The number of benzene rings is 1. The van der Waals surface area contributed by atoms with Crippen LogP contribution in [0.5, 0.6) is 0 Å². The maximum absolute atomic E-state index is 5.82. The fourth-order valence-electron chi connectivity index (χ4n) is 1.84. The third-order valence-electron chi connectivity index (χ3n) is 2.86. The van der Waals surface area contributed by atoms with Gasteiger partial charge < -0.3 is 0 Å². The number of halogens is 1. The first-order valence-corrected chi connectivity index (χ1v) is 6.36. The monoisotopic (exact) mass is 248 g/mol. The molecule has 0 spiro atoms. The quantitative estimate of drug-likeness (QED) is 0.750. The number of alkyl halides is 1. The lowest BCUT2D eigenvalue weighted by atomic mass is 10.1. The highest BCUT2D eigenvalue weighted by Gasteiger charge is 2.07. The van der Waals surface area contributed by atoms with E-state index in [1.807, 2.05) is 16.9 Å². The van der Waals surface area contributed by atoms with Crippen molar-refractivity contribution in [2.75, 3.05) is 0 Å². The molecule has 3 heteroatoms. The number of aromatic nitrogens is 2. The average molecular weight is 249 g/mol. The zero-order chi connectivity index (χ0) is 12.4. The number of rotatable bonds is 3. The van der Waals surface area contributed by atoms with Crippen LogP contribution < -0.4 is 0 Å². The van der Waals surface area contributed by atoms with Gasteiger partial charge in [-0.3, -0.25) is 0 Å². The molecule has 1 aromatic heterocycles. The maximum atomic E-state index is 5.82. The van der Waals surface area contributed by atoms with Gasteiger partial charge in [0.1, 0.15) is 0 Å². The Hall–Kier alpha value is -1.28. The molecule has 0 radical (unpaired) electrons. The van der Waals surface area contributed by atoms with Gasteiger partial charge in [-0.1, -0.05) is 26.0 Å². The van der Waals surface area contributed by atoms with Crippen molar-refractivity contribution in [1.82, 2.24) is 9.78 Å². The first kappa shape index (κ1) is 12.2. The van der Waals surface area contributed by atoms with Crippen LogP contribution in [0.1, 0.15) is 36.6 Å². The topological polar surface area (TPSA) is 17.8 Å². The van der Waals surface area contributed by atoms with Crippen LogP contribution in [0.15, 0.2) is 30.5 Å². The SMILES string of the molecule is Cc1cc(CCl)ccc1-n1ccc(C(C)C)n1. The molecular weight excluding hydrogens is 232 g/mol. The molecule has 1 heterocycles. The Morgan fingerprint density at radius 1 is 1.29 bits per heavy atom. The van der Waals surface area contributed by atoms with Crippen LogP contribution in [-0.4, -0.2) is 9.78 Å². The third kappa shape index (κ3) is 2.52. The normalized spacial score (nSPS) is 11.1. The summed E-state index contributed by atoms with van der Waals surface area (Å²) in [6.07, 6.45) is 2.01. The van der Waals surface area contributed by atoms with E-state index in [4.69, 9.17) is 11.6 Å². The average Bonchev–Trinajstić information content (AvgIpc) is 2.78. The minimum Gasteiger partial charge on any atom is -0.240 e. The molecule has 0 aliphatic carbocycles. The van der Waals surface area contributed by atoms with Crippen LogP contribution in [0.4, 0.5) is 0 Å². The predicted octanol–water partition coefficient (Wildman–Crippen LogP) is 4.04. The minimum absolute atomic E-state index is 0.457. The van der Waals surface area contributed by atoms with E-state index in [9.17, 15) is 0 Å². The van der Waals surface area contributed by atoms with Crippen molar-refractivity contribution in [3.05, 3.63) is 47.3 Å². The Balaban J connectivity index is 2.38. The highest BCUT2D eigenvalue weighted by molar-refractivity contribution is 6.17. The second kappa shape index (κ2) is 4.92. The number of hydrogen-bond donors (Lipinski definition) is 0. The Morgan fingerprint density at radius 2 is 2.06 bits per heavy atom. The van der Waals surface area contributed by atoms with Crippen molar-refractivity contribution in [1.29, 1.82) is 0 Å². The Kier molecular flexibility index (Phi) is 3.53. The maximum Gasteiger partial charge on any atom is 0.0675 e. The third-order valence-corrected chi connectivity index (χ3v) is 3.17. The summed E-state index contributed by atoms with van der Waals surface area (Å²) < 4.78 is 1.93. The molecule has 0 amide bonds. The summed E-state index contributed by atoms with van der Waals surface area (Å²) in [5.74, 6) is 1.01. The summed E-state index contributed by atoms with van der Waals surface area (Å²) >= 11 is 5.82. The number of nitrogens with zero attached hydrogens (tertiary/aromatic N) is 2. The molecule has 90 valence electrons. The Bertz CT molecular complexity index is 515. The lowest BCUT2D eigenvalue weighted by Gasteiger charge is -2.07. The van der Waals surface area contributed by atoms with Crippen LogP contribution in [0.3, 0.4) is 0 Å². The first-order valence-electron chi connectivity index (χ1n) is 5.83. The molecule has 0 fully saturated rings. The predicted molar refractivity (Wildman–Crippen MR) is 71.9 cm³/mol. The molecule has 0 saturated carbocycles. The van der Waals surface area contributed by atoms with Gasteiger partial charge in [-0.05, 0) is 36.1 Å². The smallest absolute Gasteiger partial charge is 0.0675 e. The van der Waals surface area contributed by atoms with Gasteiger partial charge in [-0.2, -0.15) is 5.10 Å². The molecule has 0 N–H and O–H groups in total. The molecule has 1 aromatic carbocycles. The van der Waals surface area contributed by atoms with E-state index in [1.54, 1.807) is 0 Å². The van der Waals surface area contributed by atoms with Gasteiger partial charge >= 0.3 is 0 Å². The largest absolute Gasteiger partial charge is 0.240 e. The van der Waals surface area contributed by atoms with Crippen molar-refractivity contribution < 1.29 is 0 Å². The molecule has 0 atom stereocenters. The van der Waals surface area contributed by atoms with Crippen molar-refractivity contribution in [2.24, 2.45) is 0 Å². The molecule has 0 unspecified atom stereocenters. The number of hydrogen-bond acceptors (Lipinski definition) is 1. The van der Waals surface area contributed by atoms with Crippen molar-refractivity contribution in [2.45, 2.75) is 32.6 Å². The second-order valence-corrected chi connectivity index (χ2v) is 4.86. The first-order chi connectivity index (χ1) is 8.11. The van der Waals surface area contributed by atoms with Gasteiger partial charge in [-0.25, -0.2) is 4.68 Å².